The van der Waals surface area contributed by atoms with E-state index >= 15 is 0 Å². The van der Waals surface area contributed by atoms with Crippen molar-refractivity contribution in [3.8, 4) is 11.6 Å². The van der Waals surface area contributed by atoms with Crippen LogP contribution in [0.25, 0.3) is 17.3 Å². The van der Waals surface area contributed by atoms with Crippen LogP contribution >= 0.6 is 23.6 Å². The number of hydrogen-bond donors (Lipinski definition) is 1. The number of thiazole rings is 1. The van der Waals surface area contributed by atoms with E-state index in [1.165, 1.54) is 11.3 Å². The van der Waals surface area contributed by atoms with Gasteiger partial charge in [0.25, 0.3) is 0 Å². The second-order valence-corrected chi connectivity index (χ2v) is 8.13. The van der Waals surface area contributed by atoms with Crippen LogP contribution in [0.15, 0.2) is 53.5 Å². The van der Waals surface area contributed by atoms with Crippen molar-refractivity contribution in [2.75, 3.05) is 18.0 Å². The molecule has 0 radical (unpaired) electrons. The lowest BCUT2D eigenvalue weighted by atomic mass is 10.1. The molecule has 2 heterocycles. The van der Waals surface area contributed by atoms with E-state index in [1.807, 2.05) is 48.7 Å². The highest BCUT2D eigenvalue weighted by atomic mass is 32.1. The lowest BCUT2D eigenvalue weighted by Crippen LogP contribution is -2.21. The molecule has 4 rings (SSSR count). The molecule has 0 atom stereocenters. The number of benzene rings is 2. The topological polar surface area (TPSA) is 40.8 Å². The summed E-state index contributed by atoms with van der Waals surface area (Å²) in [5.74, 6) is 0.163. The summed E-state index contributed by atoms with van der Waals surface area (Å²) in [4.78, 5) is 7.44. The molecular weight excluding hydrogens is 386 g/mol. The zero-order valence-corrected chi connectivity index (χ0v) is 17.4. The number of aromatic hydroxyl groups is 1. The van der Waals surface area contributed by atoms with Crippen LogP contribution in [0.1, 0.15) is 24.3 Å². The Kier molecular flexibility index (Phi) is 5.15. The third-order valence-corrected chi connectivity index (χ3v) is 6.20. The molecule has 0 amide bonds. The Balaban J connectivity index is 1.70. The average Bonchev–Trinajstić information content (AvgIpc) is 3.24. The van der Waals surface area contributed by atoms with Crippen molar-refractivity contribution in [1.29, 1.82) is 0 Å². The van der Waals surface area contributed by atoms with Crippen molar-refractivity contribution in [2.24, 2.45) is 4.99 Å². The molecule has 2 aromatic carbocycles. The zero-order chi connectivity index (χ0) is 19.7. The number of para-hydroxylation sites is 1. The first-order chi connectivity index (χ1) is 13.6. The van der Waals surface area contributed by atoms with Crippen molar-refractivity contribution >= 4 is 52.8 Å². The summed E-state index contributed by atoms with van der Waals surface area (Å²) >= 11 is 6.94. The summed E-state index contributed by atoms with van der Waals surface area (Å²) < 4.78 is 2.33. The highest BCUT2D eigenvalue weighted by Crippen LogP contribution is 2.37. The number of hydrogen-bond acceptors (Lipinski definition) is 5. The van der Waals surface area contributed by atoms with Gasteiger partial charge in [-0.15, -0.1) is 11.3 Å². The van der Waals surface area contributed by atoms with Crippen LogP contribution < -0.4 is 4.90 Å². The smallest absolute Gasteiger partial charge is 0.215 e. The van der Waals surface area contributed by atoms with E-state index in [-0.39, 0.29) is 5.88 Å². The molecule has 0 bridgehead atoms. The maximum atomic E-state index is 10.8. The van der Waals surface area contributed by atoms with Crippen LogP contribution in [0.5, 0.6) is 5.88 Å². The van der Waals surface area contributed by atoms with E-state index in [9.17, 15) is 5.11 Å². The summed E-state index contributed by atoms with van der Waals surface area (Å²) in [7, 11) is 0. The maximum Gasteiger partial charge on any atom is 0.215 e. The van der Waals surface area contributed by atoms with E-state index in [2.05, 4.69) is 35.9 Å². The first-order valence-electron chi connectivity index (χ1n) is 9.27. The second-order valence-electron chi connectivity index (χ2n) is 6.45. The predicted molar refractivity (Wildman–Crippen MR) is 122 cm³/mol. The van der Waals surface area contributed by atoms with Gasteiger partial charge in [0.15, 0.2) is 3.95 Å². The van der Waals surface area contributed by atoms with Gasteiger partial charge in [-0.2, -0.15) is 0 Å². The number of fused-ring (bicyclic) bond motifs is 1. The first kappa shape index (κ1) is 18.7. The van der Waals surface area contributed by atoms with Crippen LogP contribution in [0.3, 0.4) is 0 Å². The van der Waals surface area contributed by atoms with Gasteiger partial charge in [-0.05, 0) is 62.5 Å². The predicted octanol–water partition coefficient (Wildman–Crippen LogP) is 6.08. The summed E-state index contributed by atoms with van der Waals surface area (Å²) in [6.07, 6.45) is 3.78. The minimum Gasteiger partial charge on any atom is -0.493 e. The van der Waals surface area contributed by atoms with Crippen LogP contribution in [-0.4, -0.2) is 29.0 Å². The molecule has 0 fully saturated rings. The fourth-order valence-electron chi connectivity index (χ4n) is 3.40. The van der Waals surface area contributed by atoms with Crippen LogP contribution in [0.2, 0.25) is 0 Å². The van der Waals surface area contributed by atoms with Crippen molar-refractivity contribution in [3.63, 3.8) is 0 Å². The summed E-state index contributed by atoms with van der Waals surface area (Å²) in [5.41, 5.74) is 5.02. The lowest BCUT2D eigenvalue weighted by Gasteiger charge is -2.21. The van der Waals surface area contributed by atoms with Gasteiger partial charge in [0.1, 0.15) is 0 Å². The molecule has 1 aliphatic heterocycles. The molecule has 0 aliphatic carbocycles. The minimum atomic E-state index is 0.163. The summed E-state index contributed by atoms with van der Waals surface area (Å²) in [6.45, 7) is 6.20. The van der Waals surface area contributed by atoms with E-state index in [0.717, 1.165) is 46.2 Å². The molecule has 28 heavy (non-hydrogen) atoms. The summed E-state index contributed by atoms with van der Waals surface area (Å²) in [5, 5.41) is 10.8. The highest BCUT2D eigenvalue weighted by Gasteiger charge is 2.16. The molecule has 0 spiro atoms. The van der Waals surface area contributed by atoms with Crippen molar-refractivity contribution in [3.05, 3.63) is 62.9 Å². The Bertz CT molecular complexity index is 1120. The van der Waals surface area contributed by atoms with Crippen LogP contribution in [0.4, 0.5) is 11.4 Å². The fourth-order valence-corrected chi connectivity index (χ4v) is 4.70. The molecule has 142 valence electrons. The minimum absolute atomic E-state index is 0.163. The molecule has 0 unspecified atom stereocenters. The van der Waals surface area contributed by atoms with Crippen molar-refractivity contribution < 1.29 is 5.11 Å². The van der Waals surface area contributed by atoms with Gasteiger partial charge in [0.2, 0.25) is 5.88 Å². The largest absolute Gasteiger partial charge is 0.493 e. The normalized spacial score (nSPS) is 13.9. The van der Waals surface area contributed by atoms with Gasteiger partial charge < -0.3 is 10.0 Å². The number of rotatable bonds is 5. The summed E-state index contributed by atoms with van der Waals surface area (Å²) in [6, 6.07) is 16.1. The van der Waals surface area contributed by atoms with E-state index in [1.54, 1.807) is 4.57 Å². The van der Waals surface area contributed by atoms with Gasteiger partial charge >= 0.3 is 0 Å². The molecule has 1 aromatic heterocycles. The quantitative estimate of drug-likeness (QED) is 0.521. The van der Waals surface area contributed by atoms with E-state index in [4.69, 9.17) is 12.2 Å². The van der Waals surface area contributed by atoms with Crippen LogP contribution in [0, 0.1) is 3.95 Å². The Morgan fingerprint density at radius 3 is 2.54 bits per heavy atom. The SMILES string of the molecule is CCN(CC)c1ccc(-n2c(O)c(/C=C3/C=Nc4ccccc43)sc2=S)cc1. The second kappa shape index (κ2) is 7.73. The Labute approximate surface area is 173 Å². The Hall–Kier alpha value is -2.70. The third-order valence-electron chi connectivity index (χ3n) is 4.89. The van der Waals surface area contributed by atoms with Crippen molar-refractivity contribution in [2.45, 2.75) is 13.8 Å². The van der Waals surface area contributed by atoms with Gasteiger partial charge in [0, 0.05) is 36.1 Å². The molecular formula is C22H21N3OS2. The first-order valence-corrected chi connectivity index (χ1v) is 10.5. The van der Waals surface area contributed by atoms with E-state index in [0.29, 0.717) is 3.95 Å². The number of aromatic nitrogens is 1. The highest BCUT2D eigenvalue weighted by molar-refractivity contribution is 7.73. The van der Waals surface area contributed by atoms with Crippen molar-refractivity contribution in [1.82, 2.24) is 4.57 Å². The monoisotopic (exact) mass is 407 g/mol. The Morgan fingerprint density at radius 1 is 1.11 bits per heavy atom. The molecule has 1 N–H and O–H groups in total. The molecule has 0 saturated carbocycles. The van der Waals surface area contributed by atoms with Gasteiger partial charge in [-0.1, -0.05) is 18.2 Å². The van der Waals surface area contributed by atoms with Gasteiger partial charge in [-0.25, -0.2) is 0 Å². The fraction of sp³-hybridized carbons (Fsp3) is 0.182. The van der Waals surface area contributed by atoms with Gasteiger partial charge in [0.05, 0.1) is 16.3 Å². The zero-order valence-electron chi connectivity index (χ0n) is 15.8. The molecule has 0 saturated heterocycles. The van der Waals surface area contributed by atoms with E-state index < -0.39 is 0 Å². The molecule has 6 heteroatoms. The molecule has 1 aliphatic rings. The van der Waals surface area contributed by atoms with Crippen LogP contribution in [-0.2, 0) is 0 Å². The number of aliphatic imine (C=N–C) groups is 1. The van der Waals surface area contributed by atoms with Gasteiger partial charge in [-0.3, -0.25) is 9.56 Å². The lowest BCUT2D eigenvalue weighted by molar-refractivity contribution is 0.441. The molecule has 3 aromatic rings. The maximum absolute atomic E-state index is 10.8. The average molecular weight is 408 g/mol. The number of anilines is 1. The molecule has 4 nitrogen and oxygen atoms in total. The Morgan fingerprint density at radius 2 is 1.82 bits per heavy atom. The number of nitrogens with zero attached hydrogens (tertiary/aromatic N) is 3. The third kappa shape index (κ3) is 3.30. The standard InChI is InChI=1S/C22H21N3OS2/c1-3-24(4-2)16-9-11-17(12-10-16)25-21(26)20(28-22(25)27)13-15-14-23-19-8-6-5-7-18(15)19/h5-14,26H,3-4H2,1-2H3/b15-13-. The number of allylic oxidation sites excluding steroid dienone is 1.